The first-order chi connectivity index (χ1) is 26.1. The fourth-order valence-corrected chi connectivity index (χ4v) is 9.50. The lowest BCUT2D eigenvalue weighted by atomic mass is 9.85. The molecular weight excluding hydrogens is 643 g/mol. The summed E-state index contributed by atoms with van der Waals surface area (Å²) in [5.41, 5.74) is 17.9. The number of nitrogens with zero attached hydrogens (tertiary/aromatic N) is 2. The molecule has 1 aromatic heterocycles. The van der Waals surface area contributed by atoms with Crippen molar-refractivity contribution in [2.75, 3.05) is 9.80 Å². The molecule has 0 saturated heterocycles. The van der Waals surface area contributed by atoms with Crippen molar-refractivity contribution in [2.45, 2.75) is 37.8 Å². The van der Waals surface area contributed by atoms with E-state index < -0.39 is 0 Å². The molecule has 3 heterocycles. The minimum absolute atomic E-state index is 0.254. The van der Waals surface area contributed by atoms with E-state index in [0.29, 0.717) is 0 Å². The molecule has 11 rings (SSSR count). The first-order valence-corrected chi connectivity index (χ1v) is 18.8. The Balaban J connectivity index is 0.949. The molecule has 4 atom stereocenters. The zero-order chi connectivity index (χ0) is 35.2. The standard InChI is InChI=1S/C50H39N3/c1-31-9-7-11-37(25-31)52-47-15-5-3-13-39(47)43-29-35(19-23-49(43)52)33-17-21-45-41(27-33)42-28-34(18-22-46(42)51-45)36-20-24-50-44(30-36)40-14-4-6-16-48(40)53(50)38-12-8-10-32(2)26-38/h3-30,43-44,49-51H,1-2H3. The SMILES string of the molecule is Cc1cccc(N2c3ccccc3C3C=C(c4ccc5[nH]c6ccc(C7=CC8c9ccccc9N(c9cccc(C)c9)C8C=C7)cc6c5c4)C=CC32)c1. The quantitative estimate of drug-likeness (QED) is 0.200. The zero-order valence-corrected chi connectivity index (χ0v) is 29.9. The van der Waals surface area contributed by atoms with Gasteiger partial charge in [0.1, 0.15) is 0 Å². The summed E-state index contributed by atoms with van der Waals surface area (Å²) < 4.78 is 0. The Morgan fingerprint density at radius 1 is 0.472 bits per heavy atom. The molecule has 4 aliphatic rings. The molecule has 53 heavy (non-hydrogen) atoms. The van der Waals surface area contributed by atoms with Crippen molar-refractivity contribution >= 4 is 55.7 Å². The Morgan fingerprint density at radius 2 is 0.943 bits per heavy atom. The monoisotopic (exact) mass is 681 g/mol. The molecule has 254 valence electrons. The van der Waals surface area contributed by atoms with Gasteiger partial charge in [-0.1, -0.05) is 109 Å². The number of allylic oxidation sites excluding steroid dienone is 4. The van der Waals surface area contributed by atoms with Crippen molar-refractivity contribution < 1.29 is 0 Å². The summed E-state index contributed by atoms with van der Waals surface area (Å²) in [5, 5.41) is 2.53. The Kier molecular flexibility index (Phi) is 6.63. The van der Waals surface area contributed by atoms with Crippen LogP contribution >= 0.6 is 0 Å². The third-order valence-corrected chi connectivity index (χ3v) is 11.9. The maximum absolute atomic E-state index is 3.71. The lowest BCUT2D eigenvalue weighted by Gasteiger charge is -2.30. The normalized spacial score (nSPS) is 21.0. The van der Waals surface area contributed by atoms with Crippen LogP contribution in [0.3, 0.4) is 0 Å². The van der Waals surface area contributed by atoms with E-state index in [2.05, 4.69) is 199 Å². The molecular formula is C50H39N3. The van der Waals surface area contributed by atoms with E-state index in [1.807, 2.05) is 0 Å². The molecule has 4 unspecified atom stereocenters. The van der Waals surface area contributed by atoms with Crippen molar-refractivity contribution in [1.82, 2.24) is 4.98 Å². The van der Waals surface area contributed by atoms with Crippen molar-refractivity contribution in [3.63, 3.8) is 0 Å². The second-order valence-corrected chi connectivity index (χ2v) is 15.2. The summed E-state index contributed by atoms with van der Waals surface area (Å²) >= 11 is 0. The van der Waals surface area contributed by atoms with Crippen LogP contribution in [0.15, 0.2) is 170 Å². The Labute approximate surface area is 310 Å². The van der Waals surface area contributed by atoms with Crippen molar-refractivity contribution in [1.29, 1.82) is 0 Å². The highest BCUT2D eigenvalue weighted by molar-refractivity contribution is 6.09. The molecule has 2 aliphatic carbocycles. The minimum Gasteiger partial charge on any atom is -0.355 e. The van der Waals surface area contributed by atoms with E-state index in [1.165, 1.54) is 89.1 Å². The molecule has 6 aromatic carbocycles. The molecule has 0 fully saturated rings. The first-order valence-electron chi connectivity index (χ1n) is 18.8. The molecule has 0 radical (unpaired) electrons. The van der Waals surface area contributed by atoms with Crippen LogP contribution in [0.2, 0.25) is 0 Å². The minimum atomic E-state index is 0.254. The highest BCUT2D eigenvalue weighted by atomic mass is 15.2. The highest BCUT2D eigenvalue weighted by Crippen LogP contribution is 2.51. The maximum atomic E-state index is 3.71. The first kappa shape index (κ1) is 30.3. The van der Waals surface area contributed by atoms with Crippen LogP contribution in [0.4, 0.5) is 22.7 Å². The largest absolute Gasteiger partial charge is 0.355 e. The number of hydrogen-bond acceptors (Lipinski definition) is 2. The van der Waals surface area contributed by atoms with E-state index in [-0.39, 0.29) is 23.9 Å². The number of fused-ring (bicyclic) bond motifs is 9. The van der Waals surface area contributed by atoms with Crippen LogP contribution in [-0.4, -0.2) is 17.1 Å². The number of nitrogens with one attached hydrogen (secondary N) is 1. The van der Waals surface area contributed by atoms with Gasteiger partial charge in [0, 0.05) is 56.4 Å². The van der Waals surface area contributed by atoms with Gasteiger partial charge < -0.3 is 14.8 Å². The number of aryl methyl sites for hydroxylation is 2. The molecule has 3 heteroatoms. The van der Waals surface area contributed by atoms with Gasteiger partial charge in [-0.2, -0.15) is 0 Å². The van der Waals surface area contributed by atoms with Crippen LogP contribution in [0.25, 0.3) is 33.0 Å². The van der Waals surface area contributed by atoms with Gasteiger partial charge in [0.05, 0.1) is 12.1 Å². The summed E-state index contributed by atoms with van der Waals surface area (Å²) in [7, 11) is 0. The molecule has 0 saturated carbocycles. The molecule has 0 spiro atoms. The smallest absolute Gasteiger partial charge is 0.0630 e. The number of aromatic amines is 1. The lowest BCUT2D eigenvalue weighted by molar-refractivity contribution is 0.747. The fourth-order valence-electron chi connectivity index (χ4n) is 9.50. The van der Waals surface area contributed by atoms with Crippen molar-refractivity contribution in [3.05, 3.63) is 203 Å². The predicted molar refractivity (Wildman–Crippen MR) is 223 cm³/mol. The van der Waals surface area contributed by atoms with Crippen molar-refractivity contribution in [2.24, 2.45) is 0 Å². The highest BCUT2D eigenvalue weighted by Gasteiger charge is 2.39. The molecule has 0 amide bonds. The molecule has 1 N–H and O–H groups in total. The summed E-state index contributed by atoms with van der Waals surface area (Å²) in [6.07, 6.45) is 14.5. The maximum Gasteiger partial charge on any atom is 0.0630 e. The van der Waals surface area contributed by atoms with Gasteiger partial charge in [-0.3, -0.25) is 0 Å². The van der Waals surface area contributed by atoms with E-state index in [9.17, 15) is 0 Å². The average Bonchev–Trinajstić information content (AvgIpc) is 3.84. The van der Waals surface area contributed by atoms with Gasteiger partial charge in [0.25, 0.3) is 0 Å². The third kappa shape index (κ3) is 4.73. The van der Waals surface area contributed by atoms with Gasteiger partial charge in [-0.25, -0.2) is 0 Å². The number of hydrogen-bond donors (Lipinski definition) is 1. The number of anilines is 4. The van der Waals surface area contributed by atoms with Gasteiger partial charge in [-0.15, -0.1) is 0 Å². The van der Waals surface area contributed by atoms with E-state index in [1.54, 1.807) is 0 Å². The number of benzene rings is 6. The van der Waals surface area contributed by atoms with Gasteiger partial charge >= 0.3 is 0 Å². The fraction of sp³-hybridized carbons (Fsp3) is 0.120. The van der Waals surface area contributed by atoms with Crippen LogP contribution in [0, 0.1) is 13.8 Å². The second-order valence-electron chi connectivity index (χ2n) is 15.2. The molecule has 2 aliphatic heterocycles. The lowest BCUT2D eigenvalue weighted by Crippen LogP contribution is -2.29. The molecule has 0 bridgehead atoms. The van der Waals surface area contributed by atoms with Crippen LogP contribution in [-0.2, 0) is 0 Å². The van der Waals surface area contributed by atoms with Gasteiger partial charge in [-0.05, 0) is 119 Å². The van der Waals surface area contributed by atoms with E-state index in [4.69, 9.17) is 0 Å². The zero-order valence-electron chi connectivity index (χ0n) is 29.9. The van der Waals surface area contributed by atoms with E-state index in [0.717, 1.165) is 0 Å². The number of H-pyrrole nitrogens is 1. The third-order valence-electron chi connectivity index (χ3n) is 11.9. The van der Waals surface area contributed by atoms with Crippen LogP contribution < -0.4 is 9.80 Å². The number of para-hydroxylation sites is 2. The second kappa shape index (κ2) is 11.6. The Morgan fingerprint density at radius 3 is 1.42 bits per heavy atom. The van der Waals surface area contributed by atoms with Crippen LogP contribution in [0.5, 0.6) is 0 Å². The van der Waals surface area contributed by atoms with Crippen molar-refractivity contribution in [3.8, 4) is 0 Å². The summed E-state index contributed by atoms with van der Waals surface area (Å²) in [5.74, 6) is 0.571. The number of rotatable bonds is 4. The summed E-state index contributed by atoms with van der Waals surface area (Å²) in [6, 6.07) is 50.0. The van der Waals surface area contributed by atoms with Gasteiger partial charge in [0.2, 0.25) is 0 Å². The Bertz CT molecular complexity index is 2570. The van der Waals surface area contributed by atoms with Crippen LogP contribution in [0.1, 0.15) is 45.2 Å². The number of aromatic nitrogens is 1. The topological polar surface area (TPSA) is 22.3 Å². The summed E-state index contributed by atoms with van der Waals surface area (Å²) in [4.78, 5) is 8.74. The summed E-state index contributed by atoms with van der Waals surface area (Å²) in [6.45, 7) is 4.35. The predicted octanol–water partition coefficient (Wildman–Crippen LogP) is 12.5. The van der Waals surface area contributed by atoms with E-state index >= 15 is 0 Å². The van der Waals surface area contributed by atoms with Gasteiger partial charge in [0.15, 0.2) is 0 Å². The Hall–Kier alpha value is -6.32. The average molecular weight is 682 g/mol. The molecule has 3 nitrogen and oxygen atoms in total. The molecule has 7 aromatic rings.